The van der Waals surface area contributed by atoms with Gasteiger partial charge in [0.15, 0.2) is 0 Å². The van der Waals surface area contributed by atoms with Gasteiger partial charge >= 0.3 is 0 Å². The minimum atomic E-state index is 0.723. The summed E-state index contributed by atoms with van der Waals surface area (Å²) in [5.74, 6) is 1.54. The Balaban J connectivity index is 1.79. The van der Waals surface area contributed by atoms with Crippen molar-refractivity contribution in [1.82, 2.24) is 25.2 Å². The second-order valence-electron chi connectivity index (χ2n) is 4.36. The Labute approximate surface area is 144 Å². The molecule has 1 aromatic carbocycles. The first-order valence-corrected chi connectivity index (χ1v) is 8.96. The average Bonchev–Trinajstić information content (AvgIpc) is 3.14. The highest BCUT2D eigenvalue weighted by Crippen LogP contribution is 2.35. The van der Waals surface area contributed by atoms with Crippen LogP contribution in [0.4, 0.5) is 0 Å². The number of thioether (sulfide) groups is 1. The minimum Gasteiger partial charge on any atom is -0.496 e. The number of hydrogen-bond donors (Lipinski definition) is 0. The maximum Gasteiger partial charge on any atom is 0.209 e. The van der Waals surface area contributed by atoms with Gasteiger partial charge in [-0.3, -0.25) is 0 Å². The molecule has 0 N–H and O–H groups in total. The zero-order valence-corrected chi connectivity index (χ0v) is 15.1. The van der Waals surface area contributed by atoms with Crippen LogP contribution in [-0.2, 0) is 12.8 Å². The van der Waals surface area contributed by atoms with Crippen molar-refractivity contribution in [2.45, 2.75) is 10.9 Å². The van der Waals surface area contributed by atoms with Crippen LogP contribution in [0.15, 0.2) is 33.2 Å². The first-order valence-electron chi connectivity index (χ1n) is 6.31. The largest absolute Gasteiger partial charge is 0.496 e. The summed E-state index contributed by atoms with van der Waals surface area (Å²) in [5.41, 5.74) is 1.98. The van der Waals surface area contributed by atoms with Crippen LogP contribution >= 0.6 is 39.0 Å². The van der Waals surface area contributed by atoms with Crippen molar-refractivity contribution in [2.75, 3.05) is 7.11 Å². The van der Waals surface area contributed by atoms with Crippen molar-refractivity contribution in [3.05, 3.63) is 33.7 Å². The highest BCUT2D eigenvalue weighted by atomic mass is 79.9. The number of rotatable bonds is 5. The van der Waals surface area contributed by atoms with Crippen LogP contribution in [0.25, 0.3) is 10.6 Å². The number of nitrogens with zero attached hydrogens (tertiary/aromatic N) is 5. The number of thiazole rings is 1. The van der Waals surface area contributed by atoms with Crippen molar-refractivity contribution >= 4 is 39.0 Å². The molecule has 2 aromatic heterocycles. The molecule has 6 nitrogen and oxygen atoms in total. The average molecular weight is 398 g/mol. The van der Waals surface area contributed by atoms with Gasteiger partial charge in [-0.25, -0.2) is 9.67 Å². The van der Waals surface area contributed by atoms with Gasteiger partial charge in [-0.05, 0) is 28.6 Å². The SMILES string of the molecule is COc1ccc(Br)cc1-c1nc(CSc2nnnn2C)cs1. The molecule has 0 aliphatic rings. The van der Waals surface area contributed by atoms with Crippen molar-refractivity contribution in [1.29, 1.82) is 0 Å². The van der Waals surface area contributed by atoms with Crippen LogP contribution in [-0.4, -0.2) is 32.3 Å². The predicted molar refractivity (Wildman–Crippen MR) is 90.2 cm³/mol. The number of ether oxygens (including phenoxy) is 1. The van der Waals surface area contributed by atoms with E-state index in [2.05, 4.69) is 36.4 Å². The number of benzene rings is 1. The summed E-state index contributed by atoms with van der Waals surface area (Å²) in [6.07, 6.45) is 0. The zero-order valence-electron chi connectivity index (χ0n) is 11.9. The normalized spacial score (nSPS) is 10.9. The Hall–Kier alpha value is -1.45. The van der Waals surface area contributed by atoms with E-state index in [-0.39, 0.29) is 0 Å². The molecule has 0 bridgehead atoms. The molecule has 0 aliphatic carbocycles. The summed E-state index contributed by atoms with van der Waals surface area (Å²) >= 11 is 6.64. The summed E-state index contributed by atoms with van der Waals surface area (Å²) in [5, 5.41) is 15.1. The van der Waals surface area contributed by atoms with E-state index in [1.165, 1.54) is 0 Å². The molecule has 0 radical (unpaired) electrons. The molecule has 0 amide bonds. The highest BCUT2D eigenvalue weighted by Gasteiger charge is 2.12. The van der Waals surface area contributed by atoms with Gasteiger partial charge in [-0.1, -0.05) is 27.7 Å². The molecule has 2 heterocycles. The Morgan fingerprint density at radius 2 is 2.27 bits per heavy atom. The summed E-state index contributed by atoms with van der Waals surface area (Å²) in [6, 6.07) is 5.90. The van der Waals surface area contributed by atoms with E-state index in [4.69, 9.17) is 4.74 Å². The van der Waals surface area contributed by atoms with Gasteiger partial charge in [0.2, 0.25) is 5.16 Å². The van der Waals surface area contributed by atoms with E-state index >= 15 is 0 Å². The van der Waals surface area contributed by atoms with Crippen LogP contribution in [0.2, 0.25) is 0 Å². The molecule has 3 rings (SSSR count). The minimum absolute atomic E-state index is 0.723. The molecular formula is C13H12BrN5OS2. The molecule has 0 aliphatic heterocycles. The fourth-order valence-electron chi connectivity index (χ4n) is 1.83. The van der Waals surface area contributed by atoms with Crippen molar-refractivity contribution < 1.29 is 4.74 Å². The Bertz CT molecular complexity index is 788. The number of hydrogen-bond acceptors (Lipinski definition) is 7. The maximum atomic E-state index is 5.41. The summed E-state index contributed by atoms with van der Waals surface area (Å²) in [7, 11) is 3.49. The monoisotopic (exact) mass is 397 g/mol. The van der Waals surface area contributed by atoms with Crippen LogP contribution in [0.3, 0.4) is 0 Å². The fraction of sp³-hybridized carbons (Fsp3) is 0.231. The number of methoxy groups -OCH3 is 1. The van der Waals surface area contributed by atoms with E-state index in [0.29, 0.717) is 0 Å². The lowest BCUT2D eigenvalue weighted by molar-refractivity contribution is 0.416. The summed E-state index contributed by atoms with van der Waals surface area (Å²) < 4.78 is 8.06. The van der Waals surface area contributed by atoms with Crippen LogP contribution in [0.1, 0.15) is 5.69 Å². The zero-order chi connectivity index (χ0) is 15.5. The van der Waals surface area contributed by atoms with Crippen LogP contribution < -0.4 is 4.74 Å². The smallest absolute Gasteiger partial charge is 0.209 e. The Kier molecular flexibility index (Phi) is 4.74. The summed E-state index contributed by atoms with van der Waals surface area (Å²) in [4.78, 5) is 4.68. The number of tetrazole rings is 1. The van der Waals surface area contributed by atoms with E-state index in [9.17, 15) is 0 Å². The number of aromatic nitrogens is 5. The van der Waals surface area contributed by atoms with E-state index in [1.807, 2.05) is 30.6 Å². The molecular weight excluding hydrogens is 386 g/mol. The van der Waals surface area contributed by atoms with Crippen molar-refractivity contribution in [2.24, 2.45) is 7.05 Å². The van der Waals surface area contributed by atoms with Gasteiger partial charge in [0, 0.05) is 22.7 Å². The molecule has 0 fully saturated rings. The third-order valence-corrected chi connectivity index (χ3v) is 5.34. The number of halogens is 1. The second kappa shape index (κ2) is 6.76. The first kappa shape index (κ1) is 15.4. The quantitative estimate of drug-likeness (QED) is 0.614. The third kappa shape index (κ3) is 3.31. The van der Waals surface area contributed by atoms with Gasteiger partial charge in [0.1, 0.15) is 10.8 Å². The predicted octanol–water partition coefficient (Wildman–Crippen LogP) is 3.40. The van der Waals surface area contributed by atoms with E-state index in [0.717, 1.165) is 37.4 Å². The van der Waals surface area contributed by atoms with Crippen molar-refractivity contribution in [3.63, 3.8) is 0 Å². The second-order valence-corrected chi connectivity index (χ2v) is 7.08. The Morgan fingerprint density at radius 1 is 1.41 bits per heavy atom. The standard InChI is InChI=1S/C13H12BrN5OS2/c1-19-13(16-17-18-19)22-7-9-6-21-12(15-9)10-5-8(14)3-4-11(10)20-2/h3-6H,7H2,1-2H3. The topological polar surface area (TPSA) is 65.7 Å². The van der Waals surface area contributed by atoms with Crippen LogP contribution in [0, 0.1) is 0 Å². The van der Waals surface area contributed by atoms with E-state index < -0.39 is 0 Å². The fourth-order valence-corrected chi connectivity index (χ4v) is 3.88. The number of aryl methyl sites for hydroxylation is 1. The lowest BCUT2D eigenvalue weighted by Gasteiger charge is -2.06. The molecule has 22 heavy (non-hydrogen) atoms. The van der Waals surface area contributed by atoms with Gasteiger partial charge in [-0.2, -0.15) is 0 Å². The van der Waals surface area contributed by atoms with Crippen molar-refractivity contribution in [3.8, 4) is 16.3 Å². The Morgan fingerprint density at radius 3 is 3.00 bits per heavy atom. The molecule has 0 saturated heterocycles. The molecule has 3 aromatic rings. The first-order chi connectivity index (χ1) is 10.7. The molecule has 0 saturated carbocycles. The van der Waals surface area contributed by atoms with Gasteiger partial charge < -0.3 is 4.74 Å². The maximum absolute atomic E-state index is 5.41. The van der Waals surface area contributed by atoms with Crippen LogP contribution in [0.5, 0.6) is 5.75 Å². The van der Waals surface area contributed by atoms with Gasteiger partial charge in [0.05, 0.1) is 18.4 Å². The molecule has 0 atom stereocenters. The molecule has 114 valence electrons. The van der Waals surface area contributed by atoms with Gasteiger partial charge in [-0.15, -0.1) is 16.4 Å². The van der Waals surface area contributed by atoms with E-state index in [1.54, 1.807) is 34.9 Å². The highest BCUT2D eigenvalue weighted by molar-refractivity contribution is 9.10. The van der Waals surface area contributed by atoms with Gasteiger partial charge in [0.25, 0.3) is 0 Å². The molecule has 9 heteroatoms. The molecule has 0 spiro atoms. The molecule has 0 unspecified atom stereocenters. The lowest BCUT2D eigenvalue weighted by atomic mass is 10.2. The summed E-state index contributed by atoms with van der Waals surface area (Å²) in [6.45, 7) is 0. The third-order valence-electron chi connectivity index (χ3n) is 2.87. The lowest BCUT2D eigenvalue weighted by Crippen LogP contribution is -1.93.